The second-order valence-corrected chi connectivity index (χ2v) is 11.9. The number of hydrogen-bond acceptors (Lipinski definition) is 8. The van der Waals surface area contributed by atoms with E-state index < -0.39 is 33.0 Å². The molecule has 1 unspecified atom stereocenters. The molecule has 1 saturated heterocycles. The van der Waals surface area contributed by atoms with Gasteiger partial charge in [0.1, 0.15) is 41.1 Å². The highest BCUT2D eigenvalue weighted by Crippen LogP contribution is 2.36. The van der Waals surface area contributed by atoms with Crippen LogP contribution in [0.1, 0.15) is 25.5 Å². The summed E-state index contributed by atoms with van der Waals surface area (Å²) in [6, 6.07) is 8.83. The van der Waals surface area contributed by atoms with Gasteiger partial charge in [-0.05, 0) is 61.7 Å². The van der Waals surface area contributed by atoms with Crippen LogP contribution in [0.15, 0.2) is 66.2 Å². The number of fused-ring (bicyclic) bond motifs is 1. The molecule has 1 atom stereocenters. The van der Waals surface area contributed by atoms with E-state index >= 15 is 4.39 Å². The largest absolute Gasteiger partial charge is 0.358 e. The third kappa shape index (κ3) is 5.36. The average Bonchev–Trinajstić information content (AvgIpc) is 3.43. The first-order valence-electron chi connectivity index (χ1n) is 12.7. The first kappa shape index (κ1) is 28.2. The number of rotatable bonds is 7. The van der Waals surface area contributed by atoms with Crippen molar-refractivity contribution in [3.05, 3.63) is 83.0 Å². The Morgan fingerprint density at radius 1 is 1.00 bits per heavy atom. The molecule has 5 aromatic rings. The highest BCUT2D eigenvalue weighted by atomic mass is 35.5. The van der Waals surface area contributed by atoms with Gasteiger partial charge in [0.15, 0.2) is 11.5 Å². The van der Waals surface area contributed by atoms with Crippen molar-refractivity contribution in [1.29, 1.82) is 0 Å². The van der Waals surface area contributed by atoms with E-state index in [1.807, 2.05) is 4.57 Å². The Morgan fingerprint density at radius 3 is 2.64 bits per heavy atom. The van der Waals surface area contributed by atoms with Crippen LogP contribution < -0.4 is 10.0 Å². The van der Waals surface area contributed by atoms with E-state index in [-0.39, 0.29) is 27.0 Å². The maximum atomic E-state index is 15.6. The molecule has 0 bridgehead atoms. The zero-order valence-corrected chi connectivity index (χ0v) is 23.9. The van der Waals surface area contributed by atoms with Gasteiger partial charge < -0.3 is 10.1 Å². The number of aromatic nitrogens is 5. The zero-order chi connectivity index (χ0) is 29.4. The summed E-state index contributed by atoms with van der Waals surface area (Å²) in [7, 11) is -4.30. The van der Waals surface area contributed by atoms with Crippen molar-refractivity contribution in [2.24, 2.45) is 0 Å². The SMILES string of the molecule is O=S(=O)(Nc1ccc(F)c(Nc2ncccc2-c2ncnc3c2ncn3C2CCCCO2)c1F)c1ccc(Cl)c(Cl)c1. The fourth-order valence-electron chi connectivity index (χ4n) is 4.61. The summed E-state index contributed by atoms with van der Waals surface area (Å²) in [5.74, 6) is -2.11. The van der Waals surface area contributed by atoms with E-state index in [0.29, 0.717) is 29.0 Å². The number of nitrogens with one attached hydrogen (secondary N) is 2. The molecule has 216 valence electrons. The van der Waals surface area contributed by atoms with Gasteiger partial charge in [0.25, 0.3) is 10.0 Å². The molecule has 0 saturated carbocycles. The van der Waals surface area contributed by atoms with Crippen LogP contribution in [0.25, 0.3) is 22.4 Å². The molecule has 1 aliphatic rings. The number of hydrogen-bond donors (Lipinski definition) is 2. The van der Waals surface area contributed by atoms with Crippen LogP contribution in [-0.2, 0) is 14.8 Å². The minimum absolute atomic E-state index is 0.000846. The number of ether oxygens (including phenoxy) is 1. The topological polar surface area (TPSA) is 124 Å². The van der Waals surface area contributed by atoms with Gasteiger partial charge in [0.05, 0.1) is 27.0 Å². The van der Waals surface area contributed by atoms with Gasteiger partial charge in [-0.25, -0.2) is 37.1 Å². The highest BCUT2D eigenvalue weighted by Gasteiger charge is 2.24. The van der Waals surface area contributed by atoms with Crippen LogP contribution in [0.3, 0.4) is 0 Å². The Hall–Kier alpha value is -3.91. The van der Waals surface area contributed by atoms with Gasteiger partial charge >= 0.3 is 0 Å². The molecule has 10 nitrogen and oxygen atoms in total. The summed E-state index contributed by atoms with van der Waals surface area (Å²) in [5.41, 5.74) is 0.626. The van der Waals surface area contributed by atoms with E-state index in [2.05, 4.69) is 30.0 Å². The van der Waals surface area contributed by atoms with E-state index in [1.54, 1.807) is 18.5 Å². The van der Waals surface area contributed by atoms with Crippen molar-refractivity contribution >= 4 is 61.6 Å². The average molecular weight is 632 g/mol. The lowest BCUT2D eigenvalue weighted by Crippen LogP contribution is -2.17. The van der Waals surface area contributed by atoms with E-state index in [1.165, 1.54) is 24.7 Å². The summed E-state index contributed by atoms with van der Waals surface area (Å²) in [6.07, 6.45) is 7.04. The Balaban J connectivity index is 1.35. The summed E-state index contributed by atoms with van der Waals surface area (Å²) >= 11 is 11.8. The molecule has 2 aromatic carbocycles. The summed E-state index contributed by atoms with van der Waals surface area (Å²) in [4.78, 5) is 17.3. The second kappa shape index (κ2) is 11.4. The minimum Gasteiger partial charge on any atom is -0.358 e. The molecule has 1 aliphatic heterocycles. The van der Waals surface area contributed by atoms with Crippen molar-refractivity contribution in [2.45, 2.75) is 30.4 Å². The molecule has 0 spiro atoms. The number of nitrogens with zero attached hydrogens (tertiary/aromatic N) is 5. The fourth-order valence-corrected chi connectivity index (χ4v) is 6.06. The second-order valence-electron chi connectivity index (χ2n) is 9.36. The van der Waals surface area contributed by atoms with Gasteiger partial charge in [0, 0.05) is 18.4 Å². The van der Waals surface area contributed by atoms with Crippen LogP contribution >= 0.6 is 23.2 Å². The molecule has 42 heavy (non-hydrogen) atoms. The van der Waals surface area contributed by atoms with E-state index in [0.717, 1.165) is 37.5 Å². The van der Waals surface area contributed by atoms with Crippen LogP contribution in [0.5, 0.6) is 0 Å². The Kier molecular flexibility index (Phi) is 7.66. The number of pyridine rings is 1. The van der Waals surface area contributed by atoms with Gasteiger partial charge in [-0.1, -0.05) is 23.2 Å². The number of benzene rings is 2. The summed E-state index contributed by atoms with van der Waals surface area (Å²) in [6.45, 7) is 0.638. The lowest BCUT2D eigenvalue weighted by molar-refractivity contribution is -0.0298. The lowest BCUT2D eigenvalue weighted by atomic mass is 10.1. The maximum Gasteiger partial charge on any atom is 0.262 e. The van der Waals surface area contributed by atoms with Gasteiger partial charge in [0.2, 0.25) is 0 Å². The summed E-state index contributed by atoms with van der Waals surface area (Å²) < 4.78 is 66.3. The molecule has 15 heteroatoms. The van der Waals surface area contributed by atoms with Crippen LogP contribution in [0, 0.1) is 11.6 Å². The fraction of sp³-hybridized carbons (Fsp3) is 0.185. The molecule has 4 heterocycles. The molecule has 6 rings (SSSR count). The van der Waals surface area contributed by atoms with Crippen LogP contribution in [0.4, 0.5) is 26.0 Å². The van der Waals surface area contributed by atoms with Crippen molar-refractivity contribution in [3.8, 4) is 11.3 Å². The standard InChI is InChI=1S/C27H21Cl2F2N7O3S/c28-17-7-6-15(12-18(17)29)42(39,40)37-20-9-8-19(30)24(22(20)31)36-26-16(4-3-10-32-26)23-25-27(34-13-33-23)38(14-35-25)21-5-1-2-11-41-21/h3-4,6-10,12-14,21,37H,1-2,5,11H2,(H,32,36). The predicted molar refractivity (Wildman–Crippen MR) is 154 cm³/mol. The monoisotopic (exact) mass is 631 g/mol. The molecule has 1 fully saturated rings. The first-order valence-corrected chi connectivity index (χ1v) is 14.9. The van der Waals surface area contributed by atoms with Gasteiger partial charge in [-0.3, -0.25) is 9.29 Å². The van der Waals surface area contributed by atoms with Crippen molar-refractivity contribution in [2.75, 3.05) is 16.6 Å². The molecular formula is C27H21Cl2F2N7O3S. The van der Waals surface area contributed by atoms with Crippen molar-refractivity contribution in [1.82, 2.24) is 24.5 Å². The Morgan fingerprint density at radius 2 is 1.86 bits per heavy atom. The Bertz CT molecular complexity index is 1920. The third-order valence-electron chi connectivity index (χ3n) is 6.67. The zero-order valence-electron chi connectivity index (χ0n) is 21.6. The molecule has 0 amide bonds. The molecule has 0 radical (unpaired) electrons. The van der Waals surface area contributed by atoms with Gasteiger partial charge in [-0.15, -0.1) is 0 Å². The van der Waals surface area contributed by atoms with Crippen LogP contribution in [0.2, 0.25) is 10.0 Å². The lowest BCUT2D eigenvalue weighted by Gasteiger charge is -2.23. The Labute approximate surface area is 248 Å². The molecule has 0 aliphatic carbocycles. The quantitative estimate of drug-likeness (QED) is 0.203. The van der Waals surface area contributed by atoms with Crippen molar-refractivity contribution < 1.29 is 21.9 Å². The van der Waals surface area contributed by atoms with Crippen molar-refractivity contribution in [3.63, 3.8) is 0 Å². The number of imidazole rings is 1. The van der Waals surface area contributed by atoms with E-state index in [4.69, 9.17) is 27.9 Å². The number of halogens is 4. The van der Waals surface area contributed by atoms with E-state index in [9.17, 15) is 12.8 Å². The minimum atomic E-state index is -4.30. The highest BCUT2D eigenvalue weighted by molar-refractivity contribution is 7.92. The first-order chi connectivity index (χ1) is 20.2. The predicted octanol–water partition coefficient (Wildman–Crippen LogP) is 6.72. The smallest absolute Gasteiger partial charge is 0.262 e. The molecule has 2 N–H and O–H groups in total. The number of sulfonamides is 1. The normalized spacial score (nSPS) is 15.6. The molecule has 3 aromatic heterocycles. The molecular weight excluding hydrogens is 611 g/mol. The maximum absolute atomic E-state index is 15.6. The third-order valence-corrected chi connectivity index (χ3v) is 8.77. The summed E-state index contributed by atoms with van der Waals surface area (Å²) in [5, 5.41) is 2.82. The van der Waals surface area contributed by atoms with Crippen LogP contribution in [-0.4, -0.2) is 39.5 Å². The van der Waals surface area contributed by atoms with Gasteiger partial charge in [-0.2, -0.15) is 0 Å². The number of anilines is 3.